The van der Waals surface area contributed by atoms with Gasteiger partial charge in [0.1, 0.15) is 0 Å². The molecule has 0 heterocycles. The molecule has 0 bridgehead atoms. The lowest BCUT2D eigenvalue weighted by Gasteiger charge is -2.15. The Hall–Kier alpha value is -1.08. The zero-order valence-electron chi connectivity index (χ0n) is 8.48. The summed E-state index contributed by atoms with van der Waals surface area (Å²) in [6, 6.07) is 10.4. The second-order valence-electron chi connectivity index (χ2n) is 4.16. The summed E-state index contributed by atoms with van der Waals surface area (Å²) in [6.45, 7) is 5.68. The summed E-state index contributed by atoms with van der Waals surface area (Å²) in [7, 11) is 0. The molecule has 1 saturated carbocycles. The first-order chi connectivity index (χ1) is 6.70. The molecule has 0 spiro atoms. The summed E-state index contributed by atoms with van der Waals surface area (Å²) in [5, 5.41) is 9.70. The Morgan fingerprint density at radius 2 is 2.14 bits per heavy atom. The third-order valence-corrected chi connectivity index (χ3v) is 3.41. The third-order valence-electron chi connectivity index (χ3n) is 3.41. The quantitative estimate of drug-likeness (QED) is 0.723. The van der Waals surface area contributed by atoms with Gasteiger partial charge < -0.3 is 5.11 Å². The molecule has 14 heavy (non-hydrogen) atoms. The predicted octanol–water partition coefficient (Wildman–Crippen LogP) is 2.73. The number of hydrogen-bond acceptors (Lipinski definition) is 1. The molecule has 0 amide bonds. The number of benzene rings is 1. The average molecular weight is 188 g/mol. The van der Waals surface area contributed by atoms with Crippen molar-refractivity contribution in [3.8, 4) is 0 Å². The van der Waals surface area contributed by atoms with E-state index in [1.165, 1.54) is 5.56 Å². The molecule has 0 aliphatic heterocycles. The normalized spacial score (nSPS) is 32.3. The van der Waals surface area contributed by atoms with Crippen molar-refractivity contribution in [2.75, 3.05) is 0 Å². The van der Waals surface area contributed by atoms with Gasteiger partial charge in [0.2, 0.25) is 0 Å². The standard InChI is InChI=1S/C13H16O/c1-3-13(10(2)14)9-12(13)11-7-5-4-6-8-11/h3-8,10,12,14H,1,9H2,2H3/t10-,12-,13-/m0/s1. The monoisotopic (exact) mass is 188 g/mol. The van der Waals surface area contributed by atoms with Crippen LogP contribution < -0.4 is 0 Å². The summed E-state index contributed by atoms with van der Waals surface area (Å²) >= 11 is 0. The van der Waals surface area contributed by atoms with E-state index in [-0.39, 0.29) is 11.5 Å². The topological polar surface area (TPSA) is 20.2 Å². The second-order valence-corrected chi connectivity index (χ2v) is 4.16. The van der Waals surface area contributed by atoms with Gasteiger partial charge in [0.15, 0.2) is 0 Å². The smallest absolute Gasteiger partial charge is 0.0608 e. The van der Waals surface area contributed by atoms with Gasteiger partial charge in [-0.3, -0.25) is 0 Å². The molecule has 0 saturated heterocycles. The van der Waals surface area contributed by atoms with Crippen molar-refractivity contribution in [1.29, 1.82) is 0 Å². The SMILES string of the molecule is C=C[C@@]1([C@H](C)O)C[C@H]1c1ccccc1. The van der Waals surface area contributed by atoms with Gasteiger partial charge in [-0.1, -0.05) is 36.4 Å². The minimum absolute atomic E-state index is 0.0681. The molecule has 1 aliphatic rings. The zero-order chi connectivity index (χ0) is 10.2. The average Bonchev–Trinajstić information content (AvgIpc) is 2.95. The molecule has 1 nitrogen and oxygen atoms in total. The summed E-state index contributed by atoms with van der Waals surface area (Å²) in [4.78, 5) is 0. The molecule has 1 N–H and O–H groups in total. The summed E-state index contributed by atoms with van der Waals surface area (Å²) in [6.07, 6.45) is 2.64. The Morgan fingerprint density at radius 3 is 2.57 bits per heavy atom. The summed E-state index contributed by atoms with van der Waals surface area (Å²) in [5.41, 5.74) is 1.25. The molecule has 1 fully saturated rings. The van der Waals surface area contributed by atoms with E-state index in [4.69, 9.17) is 0 Å². The number of aliphatic hydroxyl groups excluding tert-OH is 1. The van der Waals surface area contributed by atoms with Crippen molar-refractivity contribution in [2.24, 2.45) is 5.41 Å². The van der Waals surface area contributed by atoms with Crippen LogP contribution in [0.4, 0.5) is 0 Å². The Bertz CT molecular complexity index is 328. The molecule has 1 aliphatic carbocycles. The lowest BCUT2D eigenvalue weighted by Crippen LogP contribution is -2.17. The van der Waals surface area contributed by atoms with Crippen LogP contribution in [0.1, 0.15) is 24.8 Å². The van der Waals surface area contributed by atoms with Crippen LogP contribution in [0.2, 0.25) is 0 Å². The zero-order valence-corrected chi connectivity index (χ0v) is 8.48. The first-order valence-corrected chi connectivity index (χ1v) is 5.07. The molecule has 0 aromatic heterocycles. The third kappa shape index (κ3) is 1.28. The largest absolute Gasteiger partial charge is 0.392 e. The minimum Gasteiger partial charge on any atom is -0.392 e. The van der Waals surface area contributed by atoms with E-state index in [1.54, 1.807) is 0 Å². The van der Waals surface area contributed by atoms with Gasteiger partial charge in [0, 0.05) is 5.41 Å². The minimum atomic E-state index is -0.301. The number of rotatable bonds is 3. The molecular formula is C13H16O. The summed E-state index contributed by atoms with van der Waals surface area (Å²) < 4.78 is 0. The highest BCUT2D eigenvalue weighted by atomic mass is 16.3. The van der Waals surface area contributed by atoms with Crippen LogP contribution in [-0.2, 0) is 0 Å². The van der Waals surface area contributed by atoms with Gasteiger partial charge in [-0.05, 0) is 24.8 Å². The lowest BCUT2D eigenvalue weighted by molar-refractivity contribution is 0.133. The van der Waals surface area contributed by atoms with Gasteiger partial charge in [-0.25, -0.2) is 0 Å². The van der Waals surface area contributed by atoms with E-state index < -0.39 is 0 Å². The molecule has 1 aromatic carbocycles. The molecule has 2 rings (SSSR count). The van der Waals surface area contributed by atoms with Gasteiger partial charge >= 0.3 is 0 Å². The van der Waals surface area contributed by atoms with Gasteiger partial charge in [0.25, 0.3) is 0 Å². The van der Waals surface area contributed by atoms with Crippen LogP contribution in [0.5, 0.6) is 0 Å². The first kappa shape index (κ1) is 9.47. The van der Waals surface area contributed by atoms with E-state index >= 15 is 0 Å². The number of aliphatic hydroxyl groups is 1. The molecule has 0 unspecified atom stereocenters. The molecular weight excluding hydrogens is 172 g/mol. The van der Waals surface area contributed by atoms with Crippen molar-refractivity contribution in [3.05, 3.63) is 48.6 Å². The molecule has 3 atom stereocenters. The van der Waals surface area contributed by atoms with Crippen LogP contribution in [0, 0.1) is 5.41 Å². The maximum absolute atomic E-state index is 9.70. The van der Waals surface area contributed by atoms with Crippen molar-refractivity contribution in [2.45, 2.75) is 25.4 Å². The van der Waals surface area contributed by atoms with Crippen LogP contribution in [0.3, 0.4) is 0 Å². The molecule has 1 heteroatoms. The molecule has 0 radical (unpaired) electrons. The maximum atomic E-state index is 9.70. The van der Waals surface area contributed by atoms with E-state index in [1.807, 2.05) is 31.2 Å². The number of hydrogen-bond donors (Lipinski definition) is 1. The van der Waals surface area contributed by atoms with E-state index in [2.05, 4.69) is 18.7 Å². The van der Waals surface area contributed by atoms with Gasteiger partial charge in [0.05, 0.1) is 6.10 Å². The predicted molar refractivity (Wildman–Crippen MR) is 58.1 cm³/mol. The molecule has 1 aromatic rings. The highest BCUT2D eigenvalue weighted by Gasteiger charge is 2.55. The fourth-order valence-electron chi connectivity index (χ4n) is 2.27. The Morgan fingerprint density at radius 1 is 1.50 bits per heavy atom. The van der Waals surface area contributed by atoms with Crippen molar-refractivity contribution in [1.82, 2.24) is 0 Å². The fourth-order valence-corrected chi connectivity index (χ4v) is 2.27. The lowest BCUT2D eigenvalue weighted by atomic mass is 9.94. The molecule has 74 valence electrons. The van der Waals surface area contributed by atoms with Crippen LogP contribution in [-0.4, -0.2) is 11.2 Å². The van der Waals surface area contributed by atoms with Crippen molar-refractivity contribution >= 4 is 0 Å². The van der Waals surface area contributed by atoms with Crippen LogP contribution in [0.15, 0.2) is 43.0 Å². The fraction of sp³-hybridized carbons (Fsp3) is 0.385. The van der Waals surface area contributed by atoms with Gasteiger partial charge in [-0.2, -0.15) is 0 Å². The van der Waals surface area contributed by atoms with Crippen molar-refractivity contribution < 1.29 is 5.11 Å². The van der Waals surface area contributed by atoms with Crippen molar-refractivity contribution in [3.63, 3.8) is 0 Å². The van der Waals surface area contributed by atoms with Crippen LogP contribution in [0.25, 0.3) is 0 Å². The van der Waals surface area contributed by atoms with E-state index in [0.717, 1.165) is 6.42 Å². The van der Waals surface area contributed by atoms with Gasteiger partial charge in [-0.15, -0.1) is 6.58 Å². The van der Waals surface area contributed by atoms with E-state index in [9.17, 15) is 5.11 Å². The Balaban J connectivity index is 2.22. The highest BCUT2D eigenvalue weighted by Crippen LogP contribution is 2.62. The van der Waals surface area contributed by atoms with Crippen LogP contribution >= 0.6 is 0 Å². The van der Waals surface area contributed by atoms with E-state index in [0.29, 0.717) is 5.92 Å². The maximum Gasteiger partial charge on any atom is 0.0608 e. The second kappa shape index (κ2) is 3.25. The highest BCUT2D eigenvalue weighted by molar-refractivity contribution is 5.34. The Labute approximate surface area is 85.1 Å². The Kier molecular flexibility index (Phi) is 2.20. The summed E-state index contributed by atoms with van der Waals surface area (Å²) in [5.74, 6) is 0.459. The first-order valence-electron chi connectivity index (χ1n) is 5.07.